The third-order valence-corrected chi connectivity index (χ3v) is 4.12. The van der Waals surface area contributed by atoms with E-state index in [0.29, 0.717) is 10.9 Å². The summed E-state index contributed by atoms with van der Waals surface area (Å²) in [6, 6.07) is 5.72. The van der Waals surface area contributed by atoms with E-state index in [-0.39, 0.29) is 12.6 Å². The summed E-state index contributed by atoms with van der Waals surface area (Å²) in [5.41, 5.74) is -0.252. The SMILES string of the molecule is Cc1ccc2c(c1)c(=O)cc(C(F)(F)F)n2CC1CCCN1. The second-order valence-corrected chi connectivity index (χ2v) is 5.82. The van der Waals surface area contributed by atoms with Crippen LogP contribution in [0.1, 0.15) is 24.1 Å². The summed E-state index contributed by atoms with van der Waals surface area (Å²) >= 11 is 0. The lowest BCUT2D eigenvalue weighted by Crippen LogP contribution is -2.31. The minimum absolute atomic E-state index is 0.00750. The summed E-state index contributed by atoms with van der Waals surface area (Å²) < 4.78 is 41.2. The van der Waals surface area contributed by atoms with E-state index >= 15 is 0 Å². The van der Waals surface area contributed by atoms with E-state index in [0.717, 1.165) is 31.0 Å². The highest BCUT2D eigenvalue weighted by Gasteiger charge is 2.35. The molecule has 3 nitrogen and oxygen atoms in total. The van der Waals surface area contributed by atoms with Gasteiger partial charge in [-0.05, 0) is 38.4 Å². The third-order valence-electron chi connectivity index (χ3n) is 4.12. The molecule has 0 amide bonds. The van der Waals surface area contributed by atoms with Crippen LogP contribution in [0.5, 0.6) is 0 Å². The highest BCUT2D eigenvalue weighted by molar-refractivity contribution is 5.80. The average molecular weight is 310 g/mol. The van der Waals surface area contributed by atoms with Crippen LogP contribution >= 0.6 is 0 Å². The quantitative estimate of drug-likeness (QED) is 0.925. The first kappa shape index (κ1) is 15.1. The molecule has 1 atom stereocenters. The van der Waals surface area contributed by atoms with Crippen molar-refractivity contribution in [3.8, 4) is 0 Å². The summed E-state index contributed by atoms with van der Waals surface area (Å²) in [7, 11) is 0. The van der Waals surface area contributed by atoms with Crippen molar-refractivity contribution in [3.63, 3.8) is 0 Å². The molecule has 6 heteroatoms. The Hall–Kier alpha value is -1.82. The number of alkyl halides is 3. The number of hydrogen-bond donors (Lipinski definition) is 1. The van der Waals surface area contributed by atoms with E-state index in [1.807, 2.05) is 6.92 Å². The number of aromatic nitrogens is 1. The summed E-state index contributed by atoms with van der Waals surface area (Å²) in [4.78, 5) is 12.1. The molecule has 1 aliphatic rings. The number of nitrogens with zero attached hydrogens (tertiary/aromatic N) is 1. The highest BCUT2D eigenvalue weighted by atomic mass is 19.4. The maximum absolute atomic E-state index is 13.3. The standard InChI is InChI=1S/C16H17F3N2O/c1-10-4-5-13-12(7-10)14(22)8-15(16(17,18)19)21(13)9-11-3-2-6-20-11/h4-5,7-8,11,20H,2-3,6,9H2,1H3. The highest BCUT2D eigenvalue weighted by Crippen LogP contribution is 2.31. The van der Waals surface area contributed by atoms with Crippen LogP contribution in [0.3, 0.4) is 0 Å². The molecule has 0 aliphatic carbocycles. The molecule has 1 N–H and O–H groups in total. The third kappa shape index (κ3) is 2.75. The van der Waals surface area contributed by atoms with Crippen LogP contribution in [0.15, 0.2) is 29.1 Å². The molecule has 1 unspecified atom stereocenters. The fraction of sp³-hybridized carbons (Fsp3) is 0.438. The van der Waals surface area contributed by atoms with Crippen LogP contribution in [0.2, 0.25) is 0 Å². The molecule has 2 aromatic rings. The first-order valence-corrected chi connectivity index (χ1v) is 7.31. The van der Waals surface area contributed by atoms with Crippen molar-refractivity contribution >= 4 is 10.9 Å². The first-order chi connectivity index (χ1) is 10.4. The van der Waals surface area contributed by atoms with Gasteiger partial charge in [0.05, 0.1) is 5.52 Å². The zero-order valence-electron chi connectivity index (χ0n) is 12.2. The molecule has 0 spiro atoms. The second-order valence-electron chi connectivity index (χ2n) is 5.82. The lowest BCUT2D eigenvalue weighted by atomic mass is 10.1. The minimum Gasteiger partial charge on any atom is -0.335 e. The average Bonchev–Trinajstić information content (AvgIpc) is 2.93. The van der Waals surface area contributed by atoms with Crippen molar-refractivity contribution in [2.24, 2.45) is 0 Å². The summed E-state index contributed by atoms with van der Waals surface area (Å²) in [5.74, 6) is 0. The van der Waals surface area contributed by atoms with Crippen molar-refractivity contribution in [1.82, 2.24) is 9.88 Å². The van der Waals surface area contributed by atoms with Crippen LogP contribution < -0.4 is 10.7 Å². The normalized spacial score (nSPS) is 19.0. The van der Waals surface area contributed by atoms with Crippen molar-refractivity contribution < 1.29 is 13.2 Å². The van der Waals surface area contributed by atoms with Gasteiger partial charge in [0.1, 0.15) is 5.69 Å². The molecule has 22 heavy (non-hydrogen) atoms. The number of rotatable bonds is 2. The Morgan fingerprint density at radius 1 is 1.32 bits per heavy atom. The first-order valence-electron chi connectivity index (χ1n) is 7.31. The molecule has 118 valence electrons. The van der Waals surface area contributed by atoms with Crippen LogP contribution in [0, 0.1) is 6.92 Å². The number of benzene rings is 1. The Morgan fingerprint density at radius 2 is 2.09 bits per heavy atom. The number of nitrogens with one attached hydrogen (secondary N) is 1. The fourth-order valence-electron chi connectivity index (χ4n) is 3.06. The fourth-order valence-corrected chi connectivity index (χ4v) is 3.06. The van der Waals surface area contributed by atoms with Gasteiger partial charge in [-0.25, -0.2) is 0 Å². The van der Waals surface area contributed by atoms with E-state index in [2.05, 4.69) is 5.32 Å². The smallest absolute Gasteiger partial charge is 0.335 e. The molecule has 1 fully saturated rings. The van der Waals surface area contributed by atoms with Gasteiger partial charge in [-0.2, -0.15) is 13.2 Å². The topological polar surface area (TPSA) is 34.0 Å². The van der Waals surface area contributed by atoms with Gasteiger partial charge in [0.2, 0.25) is 0 Å². The Labute approximate surface area is 125 Å². The molecule has 1 saturated heterocycles. The maximum Gasteiger partial charge on any atom is 0.431 e. The van der Waals surface area contributed by atoms with Crippen LogP contribution in [-0.4, -0.2) is 17.2 Å². The predicted octanol–water partition coefficient (Wildman–Crippen LogP) is 3.08. The van der Waals surface area contributed by atoms with E-state index in [1.165, 1.54) is 4.57 Å². The summed E-state index contributed by atoms with van der Waals surface area (Å²) in [6.07, 6.45) is -2.74. The Balaban J connectivity index is 2.23. The van der Waals surface area contributed by atoms with E-state index in [1.54, 1.807) is 18.2 Å². The molecule has 0 radical (unpaired) electrons. The Bertz CT molecular complexity index is 758. The van der Waals surface area contributed by atoms with Gasteiger partial charge in [0.15, 0.2) is 5.43 Å². The largest absolute Gasteiger partial charge is 0.431 e. The maximum atomic E-state index is 13.3. The summed E-state index contributed by atoms with van der Waals surface area (Å²) in [5, 5.41) is 3.55. The van der Waals surface area contributed by atoms with Gasteiger partial charge >= 0.3 is 6.18 Å². The Morgan fingerprint density at radius 3 is 2.73 bits per heavy atom. The molecular formula is C16H17F3N2O. The van der Waals surface area contributed by atoms with Crippen LogP contribution in [0.25, 0.3) is 10.9 Å². The van der Waals surface area contributed by atoms with Gasteiger partial charge in [0, 0.05) is 24.0 Å². The van der Waals surface area contributed by atoms with E-state index < -0.39 is 17.3 Å². The van der Waals surface area contributed by atoms with Crippen LogP contribution in [0.4, 0.5) is 13.2 Å². The number of halogens is 3. The number of hydrogen-bond acceptors (Lipinski definition) is 2. The zero-order valence-corrected chi connectivity index (χ0v) is 12.2. The van der Waals surface area contributed by atoms with Gasteiger partial charge in [0.25, 0.3) is 0 Å². The number of fused-ring (bicyclic) bond motifs is 1. The predicted molar refractivity (Wildman–Crippen MR) is 79.0 cm³/mol. The second kappa shape index (κ2) is 5.43. The van der Waals surface area contributed by atoms with Crippen molar-refractivity contribution in [2.75, 3.05) is 6.54 Å². The molecule has 2 heterocycles. The lowest BCUT2D eigenvalue weighted by molar-refractivity contribution is -0.143. The van der Waals surface area contributed by atoms with Crippen molar-refractivity contribution in [1.29, 1.82) is 0 Å². The molecular weight excluding hydrogens is 293 g/mol. The molecule has 3 rings (SSSR count). The number of aryl methyl sites for hydroxylation is 1. The van der Waals surface area contributed by atoms with Gasteiger partial charge in [-0.1, -0.05) is 11.6 Å². The summed E-state index contributed by atoms with van der Waals surface area (Å²) in [6.45, 7) is 2.86. The molecule has 1 aliphatic heterocycles. The van der Waals surface area contributed by atoms with Crippen LogP contribution in [-0.2, 0) is 12.7 Å². The molecule has 1 aromatic carbocycles. The lowest BCUT2D eigenvalue weighted by Gasteiger charge is -2.21. The van der Waals surface area contributed by atoms with Gasteiger partial charge < -0.3 is 9.88 Å². The monoisotopic (exact) mass is 310 g/mol. The van der Waals surface area contributed by atoms with E-state index in [4.69, 9.17) is 0 Å². The van der Waals surface area contributed by atoms with Gasteiger partial charge in [-0.15, -0.1) is 0 Å². The zero-order chi connectivity index (χ0) is 15.9. The minimum atomic E-state index is -4.54. The molecule has 1 aromatic heterocycles. The Kier molecular flexibility index (Phi) is 3.72. The molecule has 0 bridgehead atoms. The number of pyridine rings is 1. The molecule has 0 saturated carbocycles. The van der Waals surface area contributed by atoms with Gasteiger partial charge in [-0.3, -0.25) is 4.79 Å². The van der Waals surface area contributed by atoms with Crippen molar-refractivity contribution in [3.05, 3.63) is 45.7 Å². The van der Waals surface area contributed by atoms with Crippen molar-refractivity contribution in [2.45, 2.75) is 38.5 Å². The van der Waals surface area contributed by atoms with E-state index in [9.17, 15) is 18.0 Å².